The Hall–Kier alpha value is -3.41. The van der Waals surface area contributed by atoms with Gasteiger partial charge in [0.05, 0.1) is 7.11 Å². The molecule has 0 fully saturated rings. The summed E-state index contributed by atoms with van der Waals surface area (Å²) in [6, 6.07) is 16.5. The predicted octanol–water partition coefficient (Wildman–Crippen LogP) is 3.74. The summed E-state index contributed by atoms with van der Waals surface area (Å²) in [6.45, 7) is 5.32. The van der Waals surface area contributed by atoms with Crippen molar-refractivity contribution in [2.24, 2.45) is 5.92 Å². The maximum absolute atomic E-state index is 13.0. The third-order valence-electron chi connectivity index (χ3n) is 5.49. The Kier molecular flexibility index (Phi) is 7.46. The van der Waals surface area contributed by atoms with Crippen LogP contribution in [0.1, 0.15) is 32.8 Å². The minimum absolute atomic E-state index is 0.191. The molecule has 3 aromatic carbocycles. The van der Waals surface area contributed by atoms with E-state index in [9.17, 15) is 14.4 Å². The summed E-state index contributed by atoms with van der Waals surface area (Å²) in [4.78, 5) is 37.3. The Morgan fingerprint density at radius 3 is 1.94 bits per heavy atom. The molecule has 6 heteroatoms. The zero-order valence-electron chi connectivity index (χ0n) is 19.0. The van der Waals surface area contributed by atoms with Gasteiger partial charge in [-0.1, -0.05) is 62.4 Å². The van der Waals surface area contributed by atoms with Gasteiger partial charge in [0.25, 0.3) is 0 Å². The zero-order chi connectivity index (χ0) is 23.3. The number of nitrogens with one attached hydrogen (secondary N) is 2. The topological polar surface area (TPSA) is 84.5 Å². The third kappa shape index (κ3) is 5.44. The van der Waals surface area contributed by atoms with Gasteiger partial charge in [0, 0.05) is 13.3 Å². The molecule has 0 radical (unpaired) electrons. The summed E-state index contributed by atoms with van der Waals surface area (Å²) in [5.41, 5.74) is 0.967. The summed E-state index contributed by atoms with van der Waals surface area (Å²) < 4.78 is 5.01. The molecule has 6 nitrogen and oxygen atoms in total. The van der Waals surface area contributed by atoms with Gasteiger partial charge >= 0.3 is 5.97 Å². The highest BCUT2D eigenvalue weighted by atomic mass is 16.5. The van der Waals surface area contributed by atoms with Crippen LogP contribution in [0.5, 0.6) is 0 Å². The van der Waals surface area contributed by atoms with Crippen molar-refractivity contribution in [3.8, 4) is 0 Å². The minimum Gasteiger partial charge on any atom is -0.467 e. The Balaban J connectivity index is 1.99. The van der Waals surface area contributed by atoms with Gasteiger partial charge in [0.15, 0.2) is 0 Å². The number of benzene rings is 3. The first kappa shape index (κ1) is 23.3. The van der Waals surface area contributed by atoms with Crippen molar-refractivity contribution in [2.75, 3.05) is 7.11 Å². The molecule has 3 aromatic rings. The number of amides is 2. The zero-order valence-corrected chi connectivity index (χ0v) is 19.0. The van der Waals surface area contributed by atoms with E-state index < -0.39 is 24.0 Å². The van der Waals surface area contributed by atoms with Gasteiger partial charge in [-0.3, -0.25) is 9.59 Å². The minimum atomic E-state index is -0.884. The van der Waals surface area contributed by atoms with Crippen LogP contribution in [0.15, 0.2) is 54.6 Å². The molecule has 0 aliphatic rings. The van der Waals surface area contributed by atoms with Gasteiger partial charge in [-0.15, -0.1) is 0 Å². The molecule has 2 atom stereocenters. The monoisotopic (exact) mass is 434 g/mol. The summed E-state index contributed by atoms with van der Waals surface area (Å²) >= 11 is 0. The number of carbonyl (C=O) groups excluding carboxylic acids is 3. The summed E-state index contributed by atoms with van der Waals surface area (Å²) in [5.74, 6) is -1.02. The van der Waals surface area contributed by atoms with Crippen LogP contribution in [0.25, 0.3) is 21.5 Å². The molecule has 0 aliphatic carbocycles. The largest absolute Gasteiger partial charge is 0.467 e. The number of carbonyl (C=O) groups is 3. The molecule has 0 aliphatic heterocycles. The number of rotatable bonds is 8. The maximum atomic E-state index is 13.0. The quantitative estimate of drug-likeness (QED) is 0.418. The lowest BCUT2D eigenvalue weighted by atomic mass is 9.92. The highest BCUT2D eigenvalue weighted by Gasteiger charge is 2.28. The van der Waals surface area contributed by atoms with Gasteiger partial charge in [-0.05, 0) is 45.5 Å². The molecule has 0 saturated carbocycles. The molecule has 0 unspecified atom stereocenters. The number of ether oxygens (including phenoxy) is 1. The lowest BCUT2D eigenvalue weighted by Gasteiger charge is -2.24. The fourth-order valence-corrected chi connectivity index (χ4v) is 4.09. The third-order valence-corrected chi connectivity index (χ3v) is 5.49. The second-order valence-electron chi connectivity index (χ2n) is 8.47. The van der Waals surface area contributed by atoms with Crippen LogP contribution in [-0.4, -0.2) is 37.0 Å². The molecule has 0 saturated heterocycles. The molecule has 0 bridgehead atoms. The van der Waals surface area contributed by atoms with E-state index >= 15 is 0 Å². The number of methoxy groups -OCH3 is 1. The molecule has 3 rings (SSSR count). The second kappa shape index (κ2) is 10.3. The number of hydrogen-bond acceptors (Lipinski definition) is 4. The molecule has 168 valence electrons. The van der Waals surface area contributed by atoms with Crippen molar-refractivity contribution in [3.05, 3.63) is 60.2 Å². The summed E-state index contributed by atoms with van der Waals surface area (Å²) in [5, 5.41) is 9.69. The molecular formula is C26H30N2O4. The van der Waals surface area contributed by atoms with E-state index in [2.05, 4.69) is 16.7 Å². The Morgan fingerprint density at radius 2 is 1.44 bits per heavy atom. The van der Waals surface area contributed by atoms with Crippen molar-refractivity contribution in [1.82, 2.24) is 10.6 Å². The molecule has 2 amide bonds. The number of hydrogen-bond donors (Lipinski definition) is 2. The van der Waals surface area contributed by atoms with Crippen LogP contribution in [-0.2, 0) is 25.5 Å². The Bertz CT molecular complexity index is 1090. The van der Waals surface area contributed by atoms with Crippen LogP contribution >= 0.6 is 0 Å². The highest BCUT2D eigenvalue weighted by molar-refractivity contribution is 6.03. The van der Waals surface area contributed by atoms with E-state index in [-0.39, 0.29) is 18.2 Å². The predicted molar refractivity (Wildman–Crippen MR) is 126 cm³/mol. The smallest absolute Gasteiger partial charge is 0.328 e. The van der Waals surface area contributed by atoms with E-state index in [4.69, 9.17) is 4.74 Å². The van der Waals surface area contributed by atoms with E-state index in [0.29, 0.717) is 6.42 Å². The van der Waals surface area contributed by atoms with E-state index in [0.717, 1.165) is 27.1 Å². The molecule has 0 aromatic heterocycles. The molecule has 2 N–H and O–H groups in total. The SMILES string of the molecule is COC(=O)[C@H](Cc1c2ccccc2cc2ccccc12)NC(=O)[C@H](CC(C)C)NC(C)=O. The van der Waals surface area contributed by atoms with Crippen molar-refractivity contribution in [2.45, 2.75) is 45.7 Å². The van der Waals surface area contributed by atoms with Gasteiger partial charge in [-0.25, -0.2) is 4.79 Å². The lowest BCUT2D eigenvalue weighted by Crippen LogP contribution is -2.52. The van der Waals surface area contributed by atoms with Gasteiger partial charge in [0.2, 0.25) is 11.8 Å². The van der Waals surface area contributed by atoms with Crippen molar-refractivity contribution < 1.29 is 19.1 Å². The van der Waals surface area contributed by atoms with Crippen LogP contribution in [0.2, 0.25) is 0 Å². The van der Waals surface area contributed by atoms with E-state index in [1.807, 2.05) is 62.4 Å². The van der Waals surface area contributed by atoms with Crippen LogP contribution in [0, 0.1) is 5.92 Å². The summed E-state index contributed by atoms with van der Waals surface area (Å²) in [7, 11) is 1.31. The molecule has 0 heterocycles. The van der Waals surface area contributed by atoms with Gasteiger partial charge in [-0.2, -0.15) is 0 Å². The number of fused-ring (bicyclic) bond motifs is 2. The van der Waals surface area contributed by atoms with Crippen LogP contribution < -0.4 is 10.6 Å². The van der Waals surface area contributed by atoms with E-state index in [1.165, 1.54) is 14.0 Å². The van der Waals surface area contributed by atoms with Gasteiger partial charge < -0.3 is 15.4 Å². The standard InChI is InChI=1S/C26H30N2O4/c1-16(2)13-23(27-17(3)29)25(30)28-24(26(31)32-4)15-22-20-11-7-5-9-18(20)14-19-10-6-8-12-21(19)22/h5-12,14,16,23-24H,13,15H2,1-4H3,(H,27,29)(H,28,30)/t23-,24-/m0/s1. The Morgan fingerprint density at radius 1 is 0.875 bits per heavy atom. The first-order valence-electron chi connectivity index (χ1n) is 10.8. The Labute approximate surface area is 188 Å². The average Bonchev–Trinajstić information content (AvgIpc) is 2.76. The van der Waals surface area contributed by atoms with Crippen LogP contribution in [0.3, 0.4) is 0 Å². The van der Waals surface area contributed by atoms with Crippen molar-refractivity contribution in [1.29, 1.82) is 0 Å². The van der Waals surface area contributed by atoms with Crippen LogP contribution in [0.4, 0.5) is 0 Å². The average molecular weight is 435 g/mol. The lowest BCUT2D eigenvalue weighted by molar-refractivity contribution is -0.145. The fraction of sp³-hybridized carbons (Fsp3) is 0.346. The maximum Gasteiger partial charge on any atom is 0.328 e. The first-order chi connectivity index (χ1) is 15.3. The highest BCUT2D eigenvalue weighted by Crippen LogP contribution is 2.29. The second-order valence-corrected chi connectivity index (χ2v) is 8.47. The molecule has 32 heavy (non-hydrogen) atoms. The number of esters is 1. The summed E-state index contributed by atoms with van der Waals surface area (Å²) in [6.07, 6.45) is 0.741. The van der Waals surface area contributed by atoms with Crippen molar-refractivity contribution >= 4 is 39.3 Å². The fourth-order valence-electron chi connectivity index (χ4n) is 4.09. The first-order valence-corrected chi connectivity index (χ1v) is 10.8. The van der Waals surface area contributed by atoms with E-state index in [1.54, 1.807) is 0 Å². The normalized spacial score (nSPS) is 13.0. The molecule has 0 spiro atoms. The molecular weight excluding hydrogens is 404 g/mol. The van der Waals surface area contributed by atoms with Gasteiger partial charge in [0.1, 0.15) is 12.1 Å². The van der Waals surface area contributed by atoms with Crippen molar-refractivity contribution in [3.63, 3.8) is 0 Å².